The van der Waals surface area contributed by atoms with E-state index in [-0.39, 0.29) is 0 Å². The summed E-state index contributed by atoms with van der Waals surface area (Å²) in [4.78, 5) is 2.60. The summed E-state index contributed by atoms with van der Waals surface area (Å²) in [6.45, 7) is 8.20. The van der Waals surface area contributed by atoms with Crippen molar-refractivity contribution in [1.29, 1.82) is 0 Å². The molecule has 1 fully saturated rings. The first-order valence-corrected chi connectivity index (χ1v) is 4.51. The Balaban J connectivity index is 2.22. The van der Waals surface area contributed by atoms with Crippen LogP contribution in [0.4, 0.5) is 0 Å². The van der Waals surface area contributed by atoms with E-state index in [0.29, 0.717) is 0 Å². The Kier molecular flexibility index (Phi) is 2.72. The third-order valence-corrected chi connectivity index (χ3v) is 2.47. The van der Waals surface area contributed by atoms with Gasteiger partial charge < -0.3 is 0 Å². The van der Waals surface area contributed by atoms with Crippen molar-refractivity contribution in [3.63, 3.8) is 0 Å². The molecule has 0 saturated carbocycles. The number of hydrogen-bond acceptors (Lipinski definition) is 1. The van der Waals surface area contributed by atoms with Crippen molar-refractivity contribution in [1.82, 2.24) is 4.90 Å². The van der Waals surface area contributed by atoms with E-state index in [0.717, 1.165) is 12.1 Å². The lowest BCUT2D eigenvalue weighted by atomic mass is 9.96. The van der Waals surface area contributed by atoms with E-state index >= 15 is 0 Å². The highest BCUT2D eigenvalue weighted by Gasteiger charge is 2.28. The predicted molar refractivity (Wildman–Crippen MR) is 45.2 cm³/mol. The molecule has 1 heteroatoms. The Hall–Kier alpha value is -0.0400. The van der Waals surface area contributed by atoms with Crippen LogP contribution in [0.1, 0.15) is 40.0 Å². The average Bonchev–Trinajstić information content (AvgIpc) is 1.78. The van der Waals surface area contributed by atoms with E-state index in [1.54, 1.807) is 0 Å². The highest BCUT2D eigenvalue weighted by atomic mass is 15.2. The third-order valence-electron chi connectivity index (χ3n) is 2.47. The van der Waals surface area contributed by atoms with Crippen molar-refractivity contribution in [3.05, 3.63) is 0 Å². The molecular formula is C9H19N. The lowest BCUT2D eigenvalue weighted by Crippen LogP contribution is -2.51. The zero-order valence-corrected chi connectivity index (χ0v) is 7.43. The Bertz CT molecular complexity index is 98.9. The second-order valence-electron chi connectivity index (χ2n) is 3.56. The van der Waals surface area contributed by atoms with Crippen LogP contribution in [0.3, 0.4) is 0 Å². The summed E-state index contributed by atoms with van der Waals surface area (Å²) in [5, 5.41) is 0. The minimum atomic E-state index is 0.769. The molecule has 1 heterocycles. The second kappa shape index (κ2) is 3.38. The SMILES string of the molecule is CCC[C@H]1CCN1C(C)C. The molecule has 0 amide bonds. The van der Waals surface area contributed by atoms with Gasteiger partial charge in [0, 0.05) is 18.6 Å². The summed E-state index contributed by atoms with van der Waals surface area (Å²) in [6.07, 6.45) is 4.18. The Morgan fingerprint density at radius 2 is 2.20 bits per heavy atom. The zero-order valence-electron chi connectivity index (χ0n) is 7.43. The number of likely N-dealkylation sites (tertiary alicyclic amines) is 1. The lowest BCUT2D eigenvalue weighted by Gasteiger charge is -2.44. The van der Waals surface area contributed by atoms with E-state index < -0.39 is 0 Å². The van der Waals surface area contributed by atoms with Gasteiger partial charge in [-0.1, -0.05) is 13.3 Å². The highest BCUT2D eigenvalue weighted by Crippen LogP contribution is 2.23. The summed E-state index contributed by atoms with van der Waals surface area (Å²) in [5.41, 5.74) is 0. The summed E-state index contributed by atoms with van der Waals surface area (Å²) in [7, 11) is 0. The minimum Gasteiger partial charge on any atom is -0.298 e. The normalized spacial score (nSPS) is 27.0. The molecule has 1 atom stereocenters. The van der Waals surface area contributed by atoms with Crippen LogP contribution >= 0.6 is 0 Å². The van der Waals surface area contributed by atoms with Crippen LogP contribution < -0.4 is 0 Å². The fourth-order valence-corrected chi connectivity index (χ4v) is 1.78. The van der Waals surface area contributed by atoms with E-state index in [1.165, 1.54) is 25.8 Å². The van der Waals surface area contributed by atoms with Crippen LogP contribution in [0.25, 0.3) is 0 Å². The minimum absolute atomic E-state index is 0.769. The first-order valence-electron chi connectivity index (χ1n) is 4.51. The van der Waals surface area contributed by atoms with Gasteiger partial charge in [-0.3, -0.25) is 4.90 Å². The van der Waals surface area contributed by atoms with Gasteiger partial charge in [0.05, 0.1) is 0 Å². The number of rotatable bonds is 3. The molecule has 0 radical (unpaired) electrons. The van der Waals surface area contributed by atoms with Gasteiger partial charge in [0.25, 0.3) is 0 Å². The maximum atomic E-state index is 2.60. The average molecular weight is 141 g/mol. The topological polar surface area (TPSA) is 3.24 Å². The van der Waals surface area contributed by atoms with Gasteiger partial charge in [-0.25, -0.2) is 0 Å². The van der Waals surface area contributed by atoms with E-state index in [1.807, 2.05) is 0 Å². The predicted octanol–water partition coefficient (Wildman–Crippen LogP) is 2.27. The van der Waals surface area contributed by atoms with Crippen LogP contribution in [0, 0.1) is 0 Å². The molecule has 1 rings (SSSR count). The number of nitrogens with zero attached hydrogens (tertiary/aromatic N) is 1. The van der Waals surface area contributed by atoms with Crippen LogP contribution in [0.2, 0.25) is 0 Å². The Morgan fingerprint density at radius 1 is 1.50 bits per heavy atom. The molecule has 0 unspecified atom stereocenters. The maximum absolute atomic E-state index is 2.60. The fourth-order valence-electron chi connectivity index (χ4n) is 1.78. The van der Waals surface area contributed by atoms with Gasteiger partial charge >= 0.3 is 0 Å². The maximum Gasteiger partial charge on any atom is 0.0110 e. The van der Waals surface area contributed by atoms with Gasteiger partial charge in [-0.05, 0) is 26.7 Å². The lowest BCUT2D eigenvalue weighted by molar-refractivity contribution is 0.0505. The van der Waals surface area contributed by atoms with Crippen LogP contribution in [-0.4, -0.2) is 23.5 Å². The van der Waals surface area contributed by atoms with Crippen molar-refractivity contribution >= 4 is 0 Å². The summed E-state index contributed by atoms with van der Waals surface area (Å²) >= 11 is 0. The van der Waals surface area contributed by atoms with Gasteiger partial charge in [0.1, 0.15) is 0 Å². The van der Waals surface area contributed by atoms with Crippen LogP contribution in [0.5, 0.6) is 0 Å². The standard InChI is InChI=1S/C9H19N/c1-4-5-9-6-7-10(9)8(2)3/h8-9H,4-7H2,1-3H3/t9-/m0/s1. The van der Waals surface area contributed by atoms with Crippen molar-refractivity contribution < 1.29 is 0 Å². The molecule has 0 aliphatic carbocycles. The fraction of sp³-hybridized carbons (Fsp3) is 1.00. The van der Waals surface area contributed by atoms with E-state index in [2.05, 4.69) is 25.7 Å². The quantitative estimate of drug-likeness (QED) is 0.583. The summed E-state index contributed by atoms with van der Waals surface area (Å²) < 4.78 is 0. The monoisotopic (exact) mass is 141 g/mol. The van der Waals surface area contributed by atoms with Crippen LogP contribution in [-0.2, 0) is 0 Å². The molecule has 1 aliphatic rings. The third kappa shape index (κ3) is 1.51. The van der Waals surface area contributed by atoms with Crippen molar-refractivity contribution in [3.8, 4) is 0 Å². The van der Waals surface area contributed by atoms with Crippen molar-refractivity contribution in [2.24, 2.45) is 0 Å². The Labute approximate surface area is 64.4 Å². The largest absolute Gasteiger partial charge is 0.298 e. The van der Waals surface area contributed by atoms with E-state index in [9.17, 15) is 0 Å². The number of hydrogen-bond donors (Lipinski definition) is 0. The van der Waals surface area contributed by atoms with Crippen LogP contribution in [0.15, 0.2) is 0 Å². The van der Waals surface area contributed by atoms with Gasteiger partial charge in [0.15, 0.2) is 0 Å². The van der Waals surface area contributed by atoms with Crippen molar-refractivity contribution in [2.75, 3.05) is 6.54 Å². The first-order chi connectivity index (χ1) is 4.75. The molecule has 0 aromatic carbocycles. The molecule has 10 heavy (non-hydrogen) atoms. The molecule has 0 aromatic heterocycles. The van der Waals surface area contributed by atoms with Gasteiger partial charge in [-0.15, -0.1) is 0 Å². The van der Waals surface area contributed by atoms with Crippen molar-refractivity contribution in [2.45, 2.75) is 52.1 Å². The molecule has 0 bridgehead atoms. The highest BCUT2D eigenvalue weighted by molar-refractivity contribution is 4.84. The molecule has 1 nitrogen and oxygen atoms in total. The summed E-state index contributed by atoms with van der Waals surface area (Å²) in [5.74, 6) is 0. The van der Waals surface area contributed by atoms with Gasteiger partial charge in [-0.2, -0.15) is 0 Å². The molecule has 1 aliphatic heterocycles. The molecule has 0 N–H and O–H groups in total. The zero-order chi connectivity index (χ0) is 7.56. The molecule has 60 valence electrons. The first kappa shape index (κ1) is 8.06. The Morgan fingerprint density at radius 3 is 2.50 bits per heavy atom. The van der Waals surface area contributed by atoms with E-state index in [4.69, 9.17) is 0 Å². The van der Waals surface area contributed by atoms with Gasteiger partial charge in [0.2, 0.25) is 0 Å². The smallest absolute Gasteiger partial charge is 0.0110 e. The second-order valence-corrected chi connectivity index (χ2v) is 3.56. The molecular weight excluding hydrogens is 122 g/mol. The summed E-state index contributed by atoms with van der Waals surface area (Å²) in [6, 6.07) is 1.69. The molecule has 1 saturated heterocycles. The molecule has 0 spiro atoms. The molecule has 0 aromatic rings.